The third kappa shape index (κ3) is 3.27. The standard InChI is InChI=1S/C17H19N4OS/c1-10-7-13(15-16(22)21(4)12(3)23-15)9-14(8-10)20-17-18-6-5-11(2)19-17/h5-9,22H,1-4H3,(H,18,19,20). The summed E-state index contributed by atoms with van der Waals surface area (Å²) in [5.74, 6) is 0.856. The number of nitrogens with one attached hydrogen (secondary N) is 1. The molecule has 3 rings (SSSR count). The molecule has 2 heterocycles. The molecule has 0 bridgehead atoms. The quantitative estimate of drug-likeness (QED) is 0.880. The van der Waals surface area contributed by atoms with Crippen LogP contribution >= 0.6 is 11.8 Å². The number of aryl methyl sites for hydroxylation is 2. The summed E-state index contributed by atoms with van der Waals surface area (Å²) in [5, 5.41) is 14.6. The Hall–Kier alpha value is -2.21. The van der Waals surface area contributed by atoms with Crippen molar-refractivity contribution in [3.8, 4) is 0 Å². The van der Waals surface area contributed by atoms with Gasteiger partial charge in [0.15, 0.2) is 0 Å². The first kappa shape index (κ1) is 15.7. The molecule has 1 aliphatic rings. The van der Waals surface area contributed by atoms with Gasteiger partial charge in [0.05, 0.1) is 4.91 Å². The van der Waals surface area contributed by atoms with Crippen LogP contribution in [0.25, 0.3) is 4.91 Å². The number of anilines is 2. The SMILES string of the molecule is C[C]1SC(c2cc(C)cc(Nc3nccc(C)n3)c2)=C(O)N1C. The highest BCUT2D eigenvalue weighted by molar-refractivity contribution is 8.11. The first-order valence-electron chi connectivity index (χ1n) is 7.31. The summed E-state index contributed by atoms with van der Waals surface area (Å²) in [6.07, 6.45) is 1.73. The summed E-state index contributed by atoms with van der Waals surface area (Å²) in [4.78, 5) is 11.2. The first-order valence-corrected chi connectivity index (χ1v) is 8.13. The smallest absolute Gasteiger partial charge is 0.227 e. The van der Waals surface area contributed by atoms with Crippen LogP contribution in [0.5, 0.6) is 0 Å². The van der Waals surface area contributed by atoms with Gasteiger partial charge in [0, 0.05) is 24.6 Å². The molecule has 0 saturated heterocycles. The summed E-state index contributed by atoms with van der Waals surface area (Å²) < 4.78 is 0. The van der Waals surface area contributed by atoms with Crippen molar-refractivity contribution in [1.29, 1.82) is 0 Å². The van der Waals surface area contributed by atoms with Gasteiger partial charge in [-0.1, -0.05) is 17.8 Å². The van der Waals surface area contributed by atoms with E-state index in [2.05, 4.69) is 21.4 Å². The fourth-order valence-electron chi connectivity index (χ4n) is 2.38. The van der Waals surface area contributed by atoms with Crippen LogP contribution in [-0.4, -0.2) is 27.0 Å². The monoisotopic (exact) mass is 327 g/mol. The van der Waals surface area contributed by atoms with E-state index in [1.54, 1.807) is 22.9 Å². The van der Waals surface area contributed by atoms with Gasteiger partial charge in [-0.15, -0.1) is 0 Å². The van der Waals surface area contributed by atoms with Crippen molar-refractivity contribution in [3.63, 3.8) is 0 Å². The van der Waals surface area contributed by atoms with Gasteiger partial charge in [-0.25, -0.2) is 9.97 Å². The van der Waals surface area contributed by atoms with E-state index in [0.717, 1.165) is 32.8 Å². The van der Waals surface area contributed by atoms with E-state index in [1.807, 2.05) is 46.0 Å². The van der Waals surface area contributed by atoms with Gasteiger partial charge >= 0.3 is 0 Å². The fourth-order valence-corrected chi connectivity index (χ4v) is 3.36. The van der Waals surface area contributed by atoms with E-state index >= 15 is 0 Å². The predicted molar refractivity (Wildman–Crippen MR) is 95.1 cm³/mol. The molecule has 0 aliphatic carbocycles. The molecular formula is C17H19N4OS. The number of hydrogen-bond donors (Lipinski definition) is 2. The Morgan fingerprint density at radius 1 is 1.17 bits per heavy atom. The predicted octanol–water partition coefficient (Wildman–Crippen LogP) is 4.21. The van der Waals surface area contributed by atoms with Gasteiger partial charge in [-0.2, -0.15) is 0 Å². The van der Waals surface area contributed by atoms with Gasteiger partial charge in [0.25, 0.3) is 0 Å². The van der Waals surface area contributed by atoms with Crippen LogP contribution in [0.3, 0.4) is 0 Å². The molecule has 23 heavy (non-hydrogen) atoms. The van der Waals surface area contributed by atoms with Crippen molar-refractivity contribution in [1.82, 2.24) is 14.9 Å². The van der Waals surface area contributed by atoms with Crippen LogP contribution < -0.4 is 5.32 Å². The number of hydrogen-bond acceptors (Lipinski definition) is 6. The zero-order valence-electron chi connectivity index (χ0n) is 13.6. The molecule has 1 aromatic heterocycles. The second-order valence-electron chi connectivity index (χ2n) is 5.57. The van der Waals surface area contributed by atoms with E-state index in [9.17, 15) is 5.11 Å². The molecule has 0 atom stereocenters. The van der Waals surface area contributed by atoms with Crippen LogP contribution in [0.1, 0.15) is 23.7 Å². The van der Waals surface area contributed by atoms with E-state index in [0.29, 0.717) is 5.95 Å². The zero-order valence-corrected chi connectivity index (χ0v) is 14.4. The molecule has 0 fully saturated rings. The molecule has 119 valence electrons. The van der Waals surface area contributed by atoms with E-state index < -0.39 is 0 Å². The molecule has 2 N–H and O–H groups in total. The highest BCUT2D eigenvalue weighted by Crippen LogP contribution is 2.46. The average molecular weight is 327 g/mol. The highest BCUT2D eigenvalue weighted by Gasteiger charge is 2.28. The maximum absolute atomic E-state index is 10.3. The van der Waals surface area contributed by atoms with Crippen LogP contribution in [0.15, 0.2) is 36.3 Å². The lowest BCUT2D eigenvalue weighted by molar-refractivity contribution is 0.269. The van der Waals surface area contributed by atoms with Crippen LogP contribution in [0.2, 0.25) is 0 Å². The molecule has 6 heteroatoms. The maximum Gasteiger partial charge on any atom is 0.227 e. The Kier molecular flexibility index (Phi) is 4.17. The van der Waals surface area contributed by atoms with Crippen LogP contribution in [0.4, 0.5) is 11.6 Å². The third-order valence-electron chi connectivity index (χ3n) is 3.63. The number of rotatable bonds is 3. The molecular weight excluding hydrogens is 308 g/mol. The average Bonchev–Trinajstić information content (AvgIpc) is 2.74. The second kappa shape index (κ2) is 6.12. The minimum absolute atomic E-state index is 0.288. The van der Waals surface area contributed by atoms with E-state index in [-0.39, 0.29) is 5.88 Å². The molecule has 1 aliphatic heterocycles. The fraction of sp³-hybridized carbons (Fsp3) is 0.235. The molecule has 2 aromatic rings. The number of benzene rings is 1. The summed E-state index contributed by atoms with van der Waals surface area (Å²) in [5.41, 5.74) is 3.89. The highest BCUT2D eigenvalue weighted by atomic mass is 32.2. The summed E-state index contributed by atoms with van der Waals surface area (Å²) in [6.45, 7) is 5.95. The summed E-state index contributed by atoms with van der Waals surface area (Å²) in [7, 11) is 1.86. The van der Waals surface area contributed by atoms with Crippen LogP contribution in [-0.2, 0) is 0 Å². The summed E-state index contributed by atoms with van der Waals surface area (Å²) >= 11 is 1.57. The normalized spacial score (nSPS) is 15.4. The third-order valence-corrected chi connectivity index (χ3v) is 4.83. The zero-order chi connectivity index (χ0) is 16.6. The van der Waals surface area contributed by atoms with Gasteiger partial charge in [-0.05, 0) is 50.1 Å². The second-order valence-corrected chi connectivity index (χ2v) is 6.77. The lowest BCUT2D eigenvalue weighted by atomic mass is 10.1. The number of nitrogens with zero attached hydrogens (tertiary/aromatic N) is 3. The molecule has 0 amide bonds. The molecule has 0 saturated carbocycles. The van der Waals surface area contributed by atoms with Crippen molar-refractivity contribution >= 4 is 28.3 Å². The van der Waals surface area contributed by atoms with Crippen molar-refractivity contribution in [2.24, 2.45) is 0 Å². The minimum Gasteiger partial charge on any atom is -0.494 e. The summed E-state index contributed by atoms with van der Waals surface area (Å²) in [6, 6.07) is 7.96. The largest absolute Gasteiger partial charge is 0.494 e. The van der Waals surface area contributed by atoms with E-state index in [1.165, 1.54) is 0 Å². The Morgan fingerprint density at radius 3 is 2.61 bits per heavy atom. The molecule has 1 radical (unpaired) electrons. The van der Waals surface area contributed by atoms with Crippen molar-refractivity contribution in [2.75, 3.05) is 12.4 Å². The number of aromatic nitrogens is 2. The minimum atomic E-state index is 0.288. The number of aliphatic hydroxyl groups is 1. The molecule has 0 unspecified atom stereocenters. The topological polar surface area (TPSA) is 61.3 Å². The van der Waals surface area contributed by atoms with Gasteiger partial charge in [0.2, 0.25) is 11.8 Å². The van der Waals surface area contributed by atoms with Gasteiger partial charge in [0.1, 0.15) is 5.37 Å². The Morgan fingerprint density at radius 2 is 1.96 bits per heavy atom. The number of thioether (sulfide) groups is 1. The Bertz CT molecular complexity index is 775. The number of aliphatic hydroxyl groups excluding tert-OH is 1. The maximum atomic E-state index is 10.3. The van der Waals surface area contributed by atoms with Crippen LogP contribution in [0, 0.1) is 19.2 Å². The van der Waals surface area contributed by atoms with Crippen molar-refractivity contribution in [2.45, 2.75) is 20.8 Å². The lowest BCUT2D eigenvalue weighted by Gasteiger charge is -2.14. The molecule has 0 spiro atoms. The molecule has 1 aromatic carbocycles. The Balaban J connectivity index is 1.94. The molecule has 5 nitrogen and oxygen atoms in total. The first-order chi connectivity index (χ1) is 10.9. The van der Waals surface area contributed by atoms with Gasteiger partial charge in [-0.3, -0.25) is 0 Å². The van der Waals surface area contributed by atoms with Crippen molar-refractivity contribution < 1.29 is 5.11 Å². The Labute approximate surface area is 140 Å². The van der Waals surface area contributed by atoms with Crippen molar-refractivity contribution in [3.05, 3.63) is 58.5 Å². The van der Waals surface area contributed by atoms with E-state index in [4.69, 9.17) is 0 Å². The lowest BCUT2D eigenvalue weighted by Crippen LogP contribution is -2.13. The van der Waals surface area contributed by atoms with Gasteiger partial charge < -0.3 is 15.3 Å².